The lowest BCUT2D eigenvalue weighted by molar-refractivity contribution is 0.140. The van der Waals surface area contributed by atoms with Crippen molar-refractivity contribution in [3.63, 3.8) is 0 Å². The molecule has 1 rings (SSSR count). The van der Waals surface area contributed by atoms with E-state index in [2.05, 4.69) is 26.1 Å². The van der Waals surface area contributed by atoms with E-state index in [0.717, 1.165) is 18.6 Å². The van der Waals surface area contributed by atoms with Crippen molar-refractivity contribution in [2.24, 2.45) is 5.92 Å². The van der Waals surface area contributed by atoms with Crippen LogP contribution in [0, 0.1) is 5.92 Å². The Labute approximate surface area is 97.9 Å². The van der Waals surface area contributed by atoms with Gasteiger partial charge in [-0.1, -0.05) is 20.8 Å². The molecular formula is C13H23NO2. The lowest BCUT2D eigenvalue weighted by Gasteiger charge is -2.18. The maximum absolute atomic E-state index is 9.77. The summed E-state index contributed by atoms with van der Waals surface area (Å²) in [6.45, 7) is 6.96. The minimum atomic E-state index is -0.274. The van der Waals surface area contributed by atoms with Crippen molar-refractivity contribution in [1.29, 1.82) is 0 Å². The molecule has 1 heterocycles. The zero-order chi connectivity index (χ0) is 12.0. The molecule has 2 unspecified atom stereocenters. The molecule has 0 spiro atoms. The van der Waals surface area contributed by atoms with Crippen LogP contribution in [-0.4, -0.2) is 17.8 Å². The van der Waals surface area contributed by atoms with Gasteiger partial charge in [0.25, 0.3) is 0 Å². The summed E-state index contributed by atoms with van der Waals surface area (Å²) in [4.78, 5) is 0. The molecule has 0 saturated carbocycles. The maximum atomic E-state index is 9.77. The summed E-state index contributed by atoms with van der Waals surface area (Å²) >= 11 is 0. The molecule has 3 heteroatoms. The first kappa shape index (κ1) is 13.3. The Morgan fingerprint density at radius 1 is 1.44 bits per heavy atom. The van der Waals surface area contributed by atoms with Crippen LogP contribution in [0.25, 0.3) is 0 Å². The molecule has 0 fully saturated rings. The summed E-state index contributed by atoms with van der Waals surface area (Å²) < 4.78 is 5.36. The van der Waals surface area contributed by atoms with Gasteiger partial charge in [-0.15, -0.1) is 0 Å². The lowest BCUT2D eigenvalue weighted by atomic mass is 10.1. The second kappa shape index (κ2) is 6.71. The van der Waals surface area contributed by atoms with E-state index in [4.69, 9.17) is 4.42 Å². The predicted octanol–water partition coefficient (Wildman–Crippen LogP) is 2.73. The smallest absolute Gasteiger partial charge is 0.120 e. The molecule has 0 radical (unpaired) electrons. The highest BCUT2D eigenvalue weighted by Gasteiger charge is 2.14. The fourth-order valence-corrected chi connectivity index (χ4v) is 1.84. The third-order valence-corrected chi connectivity index (χ3v) is 2.64. The van der Waals surface area contributed by atoms with Crippen LogP contribution < -0.4 is 5.32 Å². The fourth-order valence-electron chi connectivity index (χ4n) is 1.84. The van der Waals surface area contributed by atoms with Crippen molar-refractivity contribution < 1.29 is 9.52 Å². The number of rotatable bonds is 7. The topological polar surface area (TPSA) is 45.4 Å². The largest absolute Gasteiger partial charge is 0.468 e. The molecule has 1 aromatic heterocycles. The van der Waals surface area contributed by atoms with Gasteiger partial charge in [-0.05, 0) is 30.9 Å². The van der Waals surface area contributed by atoms with E-state index in [1.165, 1.54) is 0 Å². The lowest BCUT2D eigenvalue weighted by Crippen LogP contribution is -2.30. The number of hydrogen-bond donors (Lipinski definition) is 2. The van der Waals surface area contributed by atoms with Crippen LogP contribution in [-0.2, 0) is 0 Å². The minimum Gasteiger partial charge on any atom is -0.468 e. The third kappa shape index (κ3) is 4.37. The molecule has 0 aromatic carbocycles. The number of aliphatic hydroxyl groups excluding tert-OH is 1. The molecule has 2 N–H and O–H groups in total. The zero-order valence-electron chi connectivity index (χ0n) is 10.4. The molecule has 0 aliphatic heterocycles. The molecule has 16 heavy (non-hydrogen) atoms. The molecule has 3 nitrogen and oxygen atoms in total. The van der Waals surface area contributed by atoms with Gasteiger partial charge >= 0.3 is 0 Å². The molecule has 1 aromatic rings. The van der Waals surface area contributed by atoms with Gasteiger partial charge in [0, 0.05) is 6.54 Å². The quantitative estimate of drug-likeness (QED) is 0.750. The summed E-state index contributed by atoms with van der Waals surface area (Å²) in [5, 5.41) is 13.1. The van der Waals surface area contributed by atoms with Gasteiger partial charge in [-0.25, -0.2) is 0 Å². The molecule has 0 saturated heterocycles. The van der Waals surface area contributed by atoms with Crippen LogP contribution in [0.15, 0.2) is 22.8 Å². The predicted molar refractivity (Wildman–Crippen MR) is 65.2 cm³/mol. The molecule has 0 amide bonds. The van der Waals surface area contributed by atoms with Crippen LogP contribution in [0.4, 0.5) is 0 Å². The van der Waals surface area contributed by atoms with E-state index >= 15 is 0 Å². The van der Waals surface area contributed by atoms with Crippen molar-refractivity contribution in [2.45, 2.75) is 45.8 Å². The summed E-state index contributed by atoms with van der Waals surface area (Å²) in [6, 6.07) is 4.07. The molecule has 0 aliphatic rings. The zero-order valence-corrected chi connectivity index (χ0v) is 10.4. The van der Waals surface area contributed by atoms with Crippen molar-refractivity contribution in [2.75, 3.05) is 6.54 Å². The highest BCUT2D eigenvalue weighted by Crippen LogP contribution is 2.16. The average Bonchev–Trinajstić information content (AvgIpc) is 2.71. The van der Waals surface area contributed by atoms with Gasteiger partial charge < -0.3 is 14.8 Å². The van der Waals surface area contributed by atoms with Gasteiger partial charge in [0.05, 0.1) is 18.4 Å². The number of aliphatic hydroxyl groups is 1. The highest BCUT2D eigenvalue weighted by atomic mass is 16.3. The normalized spacial score (nSPS) is 15.3. The minimum absolute atomic E-state index is 0.205. The second-order valence-electron chi connectivity index (χ2n) is 4.67. The molecular weight excluding hydrogens is 202 g/mol. The SMILES string of the molecule is CCC(NCC(O)CC(C)C)c1ccco1. The van der Waals surface area contributed by atoms with Crippen LogP contribution >= 0.6 is 0 Å². The Morgan fingerprint density at radius 2 is 2.19 bits per heavy atom. The Morgan fingerprint density at radius 3 is 2.69 bits per heavy atom. The van der Waals surface area contributed by atoms with E-state index in [0.29, 0.717) is 12.5 Å². The van der Waals surface area contributed by atoms with E-state index in [1.807, 2.05) is 12.1 Å². The van der Waals surface area contributed by atoms with Crippen molar-refractivity contribution >= 4 is 0 Å². The standard InChI is InChI=1S/C13H23NO2/c1-4-12(13-6-5-7-16-13)14-9-11(15)8-10(2)3/h5-7,10-12,14-15H,4,8-9H2,1-3H3. The van der Waals surface area contributed by atoms with Gasteiger partial charge in [-0.2, -0.15) is 0 Å². The monoisotopic (exact) mass is 225 g/mol. The Balaban J connectivity index is 2.35. The van der Waals surface area contributed by atoms with E-state index in [9.17, 15) is 5.11 Å². The van der Waals surface area contributed by atoms with Gasteiger partial charge in [0.15, 0.2) is 0 Å². The average molecular weight is 225 g/mol. The van der Waals surface area contributed by atoms with Crippen LogP contribution in [0.5, 0.6) is 0 Å². The molecule has 0 bridgehead atoms. The molecule has 2 atom stereocenters. The van der Waals surface area contributed by atoms with E-state index in [-0.39, 0.29) is 12.1 Å². The highest BCUT2D eigenvalue weighted by molar-refractivity contribution is 5.03. The molecule has 0 aliphatic carbocycles. The van der Waals surface area contributed by atoms with E-state index < -0.39 is 0 Å². The first-order valence-corrected chi connectivity index (χ1v) is 6.08. The fraction of sp³-hybridized carbons (Fsp3) is 0.692. The Hall–Kier alpha value is -0.800. The maximum Gasteiger partial charge on any atom is 0.120 e. The second-order valence-corrected chi connectivity index (χ2v) is 4.67. The van der Waals surface area contributed by atoms with Crippen molar-refractivity contribution in [1.82, 2.24) is 5.32 Å². The molecule has 92 valence electrons. The third-order valence-electron chi connectivity index (χ3n) is 2.64. The summed E-state index contributed by atoms with van der Waals surface area (Å²) in [5.41, 5.74) is 0. The summed E-state index contributed by atoms with van der Waals surface area (Å²) in [5.74, 6) is 1.47. The summed E-state index contributed by atoms with van der Waals surface area (Å²) in [6.07, 6.45) is 3.21. The van der Waals surface area contributed by atoms with Crippen LogP contribution in [0.1, 0.15) is 45.4 Å². The van der Waals surface area contributed by atoms with E-state index in [1.54, 1.807) is 6.26 Å². The first-order chi connectivity index (χ1) is 7.63. The van der Waals surface area contributed by atoms with Crippen molar-refractivity contribution in [3.8, 4) is 0 Å². The number of furan rings is 1. The van der Waals surface area contributed by atoms with Crippen LogP contribution in [0.3, 0.4) is 0 Å². The first-order valence-electron chi connectivity index (χ1n) is 6.08. The Bertz CT molecular complexity index is 269. The van der Waals surface area contributed by atoms with Gasteiger partial charge in [0.2, 0.25) is 0 Å². The number of hydrogen-bond acceptors (Lipinski definition) is 3. The van der Waals surface area contributed by atoms with Gasteiger partial charge in [-0.3, -0.25) is 0 Å². The van der Waals surface area contributed by atoms with Gasteiger partial charge in [0.1, 0.15) is 5.76 Å². The number of nitrogens with one attached hydrogen (secondary N) is 1. The summed E-state index contributed by atoms with van der Waals surface area (Å²) in [7, 11) is 0. The van der Waals surface area contributed by atoms with Crippen LogP contribution in [0.2, 0.25) is 0 Å². The van der Waals surface area contributed by atoms with Crippen molar-refractivity contribution in [3.05, 3.63) is 24.2 Å². The Kier molecular flexibility index (Phi) is 5.56.